The molecule has 0 aliphatic rings. The summed E-state index contributed by atoms with van der Waals surface area (Å²) < 4.78 is 13.6. The van der Waals surface area contributed by atoms with Gasteiger partial charge >= 0.3 is 0 Å². The number of hydrogen-bond donors (Lipinski definition) is 2. The zero-order valence-corrected chi connectivity index (χ0v) is 16.9. The van der Waals surface area contributed by atoms with Crippen LogP contribution in [-0.2, 0) is 0 Å². The first kappa shape index (κ1) is 18.7. The number of anilines is 1. The molecule has 6 heteroatoms. The minimum atomic E-state index is -0.552. The lowest BCUT2D eigenvalue weighted by atomic mass is 10.0. The molecule has 2 aromatic heterocycles. The van der Waals surface area contributed by atoms with Crippen molar-refractivity contribution in [2.75, 3.05) is 5.32 Å². The van der Waals surface area contributed by atoms with Crippen molar-refractivity contribution in [2.45, 2.75) is 19.9 Å². The highest BCUT2D eigenvalue weighted by atomic mass is 35.5. The van der Waals surface area contributed by atoms with Crippen molar-refractivity contribution in [1.29, 1.82) is 0 Å². The van der Waals surface area contributed by atoms with E-state index in [9.17, 15) is 9.18 Å². The van der Waals surface area contributed by atoms with E-state index >= 15 is 0 Å². The van der Waals surface area contributed by atoms with E-state index in [0.29, 0.717) is 16.5 Å². The molecule has 0 saturated heterocycles. The number of rotatable bonds is 4. The van der Waals surface area contributed by atoms with Crippen LogP contribution >= 0.6 is 22.9 Å². The van der Waals surface area contributed by atoms with Gasteiger partial charge in [0.2, 0.25) is 0 Å². The summed E-state index contributed by atoms with van der Waals surface area (Å²) in [6, 6.07) is 12.4. The number of aromatic nitrogens is 1. The van der Waals surface area contributed by atoms with Gasteiger partial charge in [0.1, 0.15) is 5.82 Å². The number of thiophene rings is 1. The molecule has 0 aliphatic carbocycles. The fourth-order valence-electron chi connectivity index (χ4n) is 3.30. The van der Waals surface area contributed by atoms with Crippen molar-refractivity contribution in [3.05, 3.63) is 85.5 Å². The average molecular weight is 413 g/mol. The highest BCUT2D eigenvalue weighted by molar-refractivity contribution is 7.08. The minimum Gasteiger partial charge on any atom is -0.378 e. The number of fused-ring (bicyclic) bond motifs is 1. The lowest BCUT2D eigenvalue weighted by Crippen LogP contribution is -2.19. The second-order valence-electron chi connectivity index (χ2n) is 6.82. The monoisotopic (exact) mass is 412 g/mol. The van der Waals surface area contributed by atoms with Crippen LogP contribution in [0.1, 0.15) is 24.1 Å². The molecule has 0 fully saturated rings. The van der Waals surface area contributed by atoms with E-state index in [4.69, 9.17) is 11.6 Å². The van der Waals surface area contributed by atoms with Gasteiger partial charge in [0.15, 0.2) is 0 Å². The molecular weight excluding hydrogens is 395 g/mol. The van der Waals surface area contributed by atoms with Crippen LogP contribution in [-0.4, -0.2) is 4.98 Å². The first-order chi connectivity index (χ1) is 13.4. The maximum Gasteiger partial charge on any atom is 0.253 e. The quantitative estimate of drug-likeness (QED) is 0.400. The molecule has 0 aliphatic heterocycles. The summed E-state index contributed by atoms with van der Waals surface area (Å²) in [4.78, 5) is 15.3. The molecule has 2 heterocycles. The Kier molecular flexibility index (Phi) is 4.96. The number of halogens is 2. The second-order valence-corrected chi connectivity index (χ2v) is 7.97. The van der Waals surface area contributed by atoms with E-state index in [0.717, 1.165) is 11.3 Å². The van der Waals surface area contributed by atoms with Gasteiger partial charge in [-0.1, -0.05) is 23.7 Å². The first-order valence-corrected chi connectivity index (χ1v) is 10.2. The summed E-state index contributed by atoms with van der Waals surface area (Å²) in [7, 11) is 0. The number of H-pyrrole nitrogens is 1. The van der Waals surface area contributed by atoms with Crippen LogP contribution in [0.25, 0.3) is 22.0 Å². The van der Waals surface area contributed by atoms with Gasteiger partial charge in [-0.25, -0.2) is 4.39 Å². The SMILES string of the molecule is Cc1cscc1-c1cccc(NC(C)c2cc3cc(Cl)c(F)cc3[nH]c2=O)c1. The van der Waals surface area contributed by atoms with Gasteiger partial charge in [0.25, 0.3) is 5.56 Å². The van der Waals surface area contributed by atoms with Gasteiger partial charge in [-0.3, -0.25) is 4.79 Å². The molecule has 3 nitrogen and oxygen atoms in total. The molecular formula is C22H18ClFN2OS. The predicted molar refractivity (Wildman–Crippen MR) is 116 cm³/mol. The van der Waals surface area contributed by atoms with Crippen LogP contribution in [0.2, 0.25) is 5.02 Å². The van der Waals surface area contributed by atoms with Crippen LogP contribution in [0.15, 0.2) is 58.0 Å². The van der Waals surface area contributed by atoms with E-state index in [1.807, 2.05) is 19.1 Å². The Balaban J connectivity index is 1.66. The lowest BCUT2D eigenvalue weighted by molar-refractivity contribution is 0.629. The van der Waals surface area contributed by atoms with Crippen molar-refractivity contribution < 1.29 is 4.39 Å². The Labute approximate surface area is 170 Å². The van der Waals surface area contributed by atoms with Crippen LogP contribution in [0.3, 0.4) is 0 Å². The summed E-state index contributed by atoms with van der Waals surface area (Å²) in [6.07, 6.45) is 0. The third kappa shape index (κ3) is 3.55. The molecule has 142 valence electrons. The number of hydrogen-bond acceptors (Lipinski definition) is 3. The van der Waals surface area contributed by atoms with E-state index in [1.165, 1.54) is 23.3 Å². The maximum atomic E-state index is 13.6. The number of pyridine rings is 1. The number of benzene rings is 2. The van der Waals surface area contributed by atoms with E-state index in [-0.39, 0.29) is 16.6 Å². The van der Waals surface area contributed by atoms with Gasteiger partial charge in [0.05, 0.1) is 16.6 Å². The molecule has 4 rings (SSSR count). The Bertz CT molecular complexity index is 1230. The predicted octanol–water partition coefficient (Wildman–Crippen LogP) is 6.53. The summed E-state index contributed by atoms with van der Waals surface area (Å²) >= 11 is 7.57. The molecule has 0 radical (unpaired) electrons. The van der Waals surface area contributed by atoms with E-state index in [2.05, 4.69) is 40.1 Å². The van der Waals surface area contributed by atoms with Gasteiger partial charge in [0, 0.05) is 16.6 Å². The molecule has 1 atom stereocenters. The molecule has 1 unspecified atom stereocenters. The summed E-state index contributed by atoms with van der Waals surface area (Å²) in [5.41, 5.74) is 5.24. The molecule has 2 aromatic carbocycles. The Morgan fingerprint density at radius 3 is 2.75 bits per heavy atom. The molecule has 0 spiro atoms. The fourth-order valence-corrected chi connectivity index (χ4v) is 4.33. The normalized spacial score (nSPS) is 12.3. The molecule has 28 heavy (non-hydrogen) atoms. The van der Waals surface area contributed by atoms with Crippen molar-refractivity contribution in [3.8, 4) is 11.1 Å². The first-order valence-electron chi connectivity index (χ1n) is 8.84. The molecule has 0 amide bonds. The highest BCUT2D eigenvalue weighted by Gasteiger charge is 2.13. The van der Waals surface area contributed by atoms with Crippen molar-refractivity contribution in [3.63, 3.8) is 0 Å². The van der Waals surface area contributed by atoms with Crippen molar-refractivity contribution in [1.82, 2.24) is 4.98 Å². The van der Waals surface area contributed by atoms with Crippen molar-refractivity contribution in [2.24, 2.45) is 0 Å². The van der Waals surface area contributed by atoms with Gasteiger partial charge < -0.3 is 10.3 Å². The highest BCUT2D eigenvalue weighted by Crippen LogP contribution is 2.30. The summed E-state index contributed by atoms with van der Waals surface area (Å²) in [5, 5.41) is 8.37. The van der Waals surface area contributed by atoms with Crippen LogP contribution < -0.4 is 10.9 Å². The zero-order valence-electron chi connectivity index (χ0n) is 15.3. The van der Waals surface area contributed by atoms with Crippen LogP contribution in [0.5, 0.6) is 0 Å². The topological polar surface area (TPSA) is 44.9 Å². The summed E-state index contributed by atoms with van der Waals surface area (Å²) in [5.74, 6) is -0.552. The Morgan fingerprint density at radius 2 is 2.00 bits per heavy atom. The number of aromatic amines is 1. The zero-order chi connectivity index (χ0) is 19.8. The third-order valence-corrected chi connectivity index (χ3v) is 5.94. The van der Waals surface area contributed by atoms with E-state index in [1.54, 1.807) is 17.4 Å². The van der Waals surface area contributed by atoms with Crippen molar-refractivity contribution >= 4 is 39.5 Å². The van der Waals surface area contributed by atoms with E-state index < -0.39 is 5.82 Å². The Morgan fingerprint density at radius 1 is 1.18 bits per heavy atom. The van der Waals surface area contributed by atoms with Gasteiger partial charge in [-0.15, -0.1) is 0 Å². The molecule has 4 aromatic rings. The standard InChI is InChI=1S/C22H18ClFN2OS/c1-12-10-28-11-18(12)14-4-3-5-16(6-14)25-13(2)17-7-15-8-19(23)20(24)9-21(15)26-22(17)27/h3-11,13,25H,1-2H3,(H,26,27). The largest absolute Gasteiger partial charge is 0.378 e. The summed E-state index contributed by atoms with van der Waals surface area (Å²) in [6.45, 7) is 4.02. The number of aryl methyl sites for hydroxylation is 1. The smallest absolute Gasteiger partial charge is 0.253 e. The third-order valence-electron chi connectivity index (χ3n) is 4.79. The molecule has 2 N–H and O–H groups in total. The van der Waals surface area contributed by atoms with Crippen LogP contribution in [0, 0.1) is 12.7 Å². The molecule has 0 saturated carbocycles. The lowest BCUT2D eigenvalue weighted by Gasteiger charge is -2.16. The van der Waals surface area contributed by atoms with Gasteiger partial charge in [-0.05, 0) is 71.6 Å². The molecule has 0 bridgehead atoms. The number of nitrogens with one attached hydrogen (secondary N) is 2. The maximum absolute atomic E-state index is 13.6. The fraction of sp³-hybridized carbons (Fsp3) is 0.136. The average Bonchev–Trinajstić information content (AvgIpc) is 3.09. The Hall–Kier alpha value is -2.63. The minimum absolute atomic E-state index is 0.0324. The second kappa shape index (κ2) is 7.41. The van der Waals surface area contributed by atoms with Crippen LogP contribution in [0.4, 0.5) is 10.1 Å². The van der Waals surface area contributed by atoms with Gasteiger partial charge in [-0.2, -0.15) is 11.3 Å².